The summed E-state index contributed by atoms with van der Waals surface area (Å²) in [6.07, 6.45) is 5.50. The lowest BCUT2D eigenvalue weighted by Crippen LogP contribution is -2.40. The van der Waals surface area contributed by atoms with Crippen molar-refractivity contribution in [2.75, 3.05) is 19.4 Å². The predicted octanol–water partition coefficient (Wildman–Crippen LogP) is 1.26. The molecule has 2 N–H and O–H groups in total. The molecular weight excluding hydrogens is 278 g/mol. The molecule has 0 saturated heterocycles. The second-order valence-corrected chi connectivity index (χ2v) is 8.60. The highest BCUT2D eigenvalue weighted by molar-refractivity contribution is 7.92. The van der Waals surface area contributed by atoms with Crippen LogP contribution in [-0.4, -0.2) is 39.0 Å². The van der Waals surface area contributed by atoms with Gasteiger partial charge in [0.1, 0.15) is 0 Å². The number of nitrogens with two attached hydrogens (primary N) is 1. The summed E-state index contributed by atoms with van der Waals surface area (Å²) >= 11 is 0. The first-order chi connectivity index (χ1) is 9.42. The van der Waals surface area contributed by atoms with Crippen LogP contribution in [0.2, 0.25) is 0 Å². The molecule has 116 valence electrons. The van der Waals surface area contributed by atoms with Gasteiger partial charge in [0.2, 0.25) is 0 Å². The van der Waals surface area contributed by atoms with Gasteiger partial charge in [-0.05, 0) is 43.6 Å². The normalized spacial score (nSPS) is 28.9. The predicted molar refractivity (Wildman–Crippen MR) is 76.9 cm³/mol. The van der Waals surface area contributed by atoms with E-state index in [2.05, 4.69) is 4.74 Å². The SMILES string of the molecule is COC(=O)CC1(CS(=O)(=O)C2CCCCC2CN)CC1. The van der Waals surface area contributed by atoms with Gasteiger partial charge in [-0.3, -0.25) is 4.79 Å². The highest BCUT2D eigenvalue weighted by Crippen LogP contribution is 2.51. The molecule has 2 aliphatic rings. The van der Waals surface area contributed by atoms with E-state index in [0.717, 1.165) is 38.5 Å². The van der Waals surface area contributed by atoms with E-state index < -0.39 is 9.84 Å². The molecule has 0 aromatic carbocycles. The molecule has 0 amide bonds. The Morgan fingerprint density at radius 1 is 1.30 bits per heavy atom. The number of hydrogen-bond donors (Lipinski definition) is 1. The number of carbonyl (C=O) groups excluding carboxylic acids is 1. The van der Waals surface area contributed by atoms with Crippen LogP contribution in [0.25, 0.3) is 0 Å². The standard InChI is InChI=1S/C14H25NO4S/c1-19-13(16)8-14(6-7-14)10-20(17,18)12-5-3-2-4-11(12)9-15/h11-12H,2-10,15H2,1H3. The van der Waals surface area contributed by atoms with E-state index >= 15 is 0 Å². The van der Waals surface area contributed by atoms with Gasteiger partial charge in [-0.1, -0.05) is 12.8 Å². The average Bonchev–Trinajstić information content (AvgIpc) is 3.16. The maximum Gasteiger partial charge on any atom is 0.306 e. The zero-order valence-corrected chi connectivity index (χ0v) is 13.0. The van der Waals surface area contributed by atoms with Crippen LogP contribution in [0.4, 0.5) is 0 Å². The van der Waals surface area contributed by atoms with Crippen LogP contribution in [0.5, 0.6) is 0 Å². The second kappa shape index (κ2) is 6.02. The van der Waals surface area contributed by atoms with E-state index in [1.165, 1.54) is 7.11 Å². The van der Waals surface area contributed by atoms with Crippen molar-refractivity contribution < 1.29 is 17.9 Å². The molecule has 5 nitrogen and oxygen atoms in total. The molecule has 2 unspecified atom stereocenters. The molecule has 2 saturated carbocycles. The molecule has 0 spiro atoms. The van der Waals surface area contributed by atoms with Gasteiger partial charge in [0.05, 0.1) is 24.5 Å². The van der Waals surface area contributed by atoms with Crippen molar-refractivity contribution in [1.29, 1.82) is 0 Å². The number of sulfone groups is 1. The van der Waals surface area contributed by atoms with Crippen molar-refractivity contribution in [3.63, 3.8) is 0 Å². The number of hydrogen-bond acceptors (Lipinski definition) is 5. The Hall–Kier alpha value is -0.620. The second-order valence-electron chi connectivity index (χ2n) is 6.38. The molecule has 0 aliphatic heterocycles. The van der Waals surface area contributed by atoms with E-state index in [-0.39, 0.29) is 34.7 Å². The van der Waals surface area contributed by atoms with Crippen LogP contribution in [0, 0.1) is 11.3 Å². The molecule has 0 heterocycles. The summed E-state index contributed by atoms with van der Waals surface area (Å²) < 4.78 is 30.0. The maximum absolute atomic E-state index is 12.7. The summed E-state index contributed by atoms with van der Waals surface area (Å²) in [6, 6.07) is 0. The van der Waals surface area contributed by atoms with Crippen molar-refractivity contribution in [3.8, 4) is 0 Å². The molecule has 0 radical (unpaired) electrons. The monoisotopic (exact) mass is 303 g/mol. The van der Waals surface area contributed by atoms with Crippen LogP contribution in [-0.2, 0) is 19.4 Å². The summed E-state index contributed by atoms with van der Waals surface area (Å²) in [5.74, 6) is -0.101. The van der Waals surface area contributed by atoms with Gasteiger partial charge in [0.15, 0.2) is 9.84 Å². The van der Waals surface area contributed by atoms with Crippen LogP contribution >= 0.6 is 0 Å². The van der Waals surface area contributed by atoms with Crippen LogP contribution < -0.4 is 5.73 Å². The fourth-order valence-corrected chi connectivity index (χ4v) is 6.19. The number of rotatable bonds is 6. The molecular formula is C14H25NO4S. The first-order valence-corrected chi connectivity index (χ1v) is 9.12. The first-order valence-electron chi connectivity index (χ1n) is 7.41. The third kappa shape index (κ3) is 3.52. The summed E-state index contributed by atoms with van der Waals surface area (Å²) in [5, 5.41) is -0.309. The van der Waals surface area contributed by atoms with Gasteiger partial charge >= 0.3 is 5.97 Å². The van der Waals surface area contributed by atoms with Crippen LogP contribution in [0.3, 0.4) is 0 Å². The van der Waals surface area contributed by atoms with Crippen molar-refractivity contribution in [2.24, 2.45) is 17.1 Å². The van der Waals surface area contributed by atoms with E-state index in [4.69, 9.17) is 5.73 Å². The molecule has 2 rings (SSSR count). The molecule has 0 bridgehead atoms. The van der Waals surface area contributed by atoms with Gasteiger partial charge in [-0.15, -0.1) is 0 Å². The van der Waals surface area contributed by atoms with Gasteiger partial charge in [0, 0.05) is 0 Å². The summed E-state index contributed by atoms with van der Waals surface area (Å²) in [6.45, 7) is 0.438. The zero-order valence-electron chi connectivity index (χ0n) is 12.1. The fourth-order valence-electron chi connectivity index (χ4n) is 3.38. The zero-order chi connectivity index (χ0) is 14.8. The minimum Gasteiger partial charge on any atom is -0.469 e. The topological polar surface area (TPSA) is 86.5 Å². The van der Waals surface area contributed by atoms with Crippen molar-refractivity contribution >= 4 is 15.8 Å². The van der Waals surface area contributed by atoms with Crippen molar-refractivity contribution in [3.05, 3.63) is 0 Å². The lowest BCUT2D eigenvalue weighted by atomic mass is 9.89. The molecule has 6 heteroatoms. The smallest absolute Gasteiger partial charge is 0.306 e. The lowest BCUT2D eigenvalue weighted by molar-refractivity contribution is -0.141. The Bertz CT molecular complexity index is 456. The Kier molecular flexibility index (Phi) is 4.74. The largest absolute Gasteiger partial charge is 0.469 e. The summed E-state index contributed by atoms with van der Waals surface area (Å²) in [7, 11) is -1.84. The first kappa shape index (κ1) is 15.8. The Balaban J connectivity index is 2.05. The molecule has 0 aromatic heterocycles. The molecule has 2 aliphatic carbocycles. The van der Waals surface area contributed by atoms with Gasteiger partial charge < -0.3 is 10.5 Å². The number of esters is 1. The van der Waals surface area contributed by atoms with E-state index in [9.17, 15) is 13.2 Å². The molecule has 20 heavy (non-hydrogen) atoms. The molecule has 2 fully saturated rings. The summed E-state index contributed by atoms with van der Waals surface area (Å²) in [5.41, 5.74) is 5.37. The number of ether oxygens (including phenoxy) is 1. The third-order valence-electron chi connectivity index (χ3n) is 4.81. The fraction of sp³-hybridized carbons (Fsp3) is 0.929. The highest BCUT2D eigenvalue weighted by Gasteiger charge is 2.50. The van der Waals surface area contributed by atoms with Gasteiger partial charge in [0.25, 0.3) is 0 Å². The Morgan fingerprint density at radius 2 is 1.95 bits per heavy atom. The quantitative estimate of drug-likeness (QED) is 0.747. The Morgan fingerprint density at radius 3 is 2.50 bits per heavy atom. The minimum atomic E-state index is -3.18. The average molecular weight is 303 g/mol. The summed E-state index contributed by atoms with van der Waals surface area (Å²) in [4.78, 5) is 11.4. The van der Waals surface area contributed by atoms with E-state index in [1.807, 2.05) is 0 Å². The van der Waals surface area contributed by atoms with Gasteiger partial charge in [-0.2, -0.15) is 0 Å². The van der Waals surface area contributed by atoms with Crippen molar-refractivity contribution in [1.82, 2.24) is 0 Å². The number of methoxy groups -OCH3 is 1. The maximum atomic E-state index is 12.7. The van der Waals surface area contributed by atoms with Crippen LogP contribution in [0.15, 0.2) is 0 Å². The van der Waals surface area contributed by atoms with E-state index in [1.54, 1.807) is 0 Å². The van der Waals surface area contributed by atoms with Gasteiger partial charge in [-0.25, -0.2) is 8.42 Å². The Labute approximate surface area is 121 Å². The third-order valence-corrected chi connectivity index (χ3v) is 7.37. The van der Waals surface area contributed by atoms with Crippen LogP contribution in [0.1, 0.15) is 44.9 Å². The lowest BCUT2D eigenvalue weighted by Gasteiger charge is -2.31. The minimum absolute atomic E-state index is 0.0858. The highest BCUT2D eigenvalue weighted by atomic mass is 32.2. The number of carbonyl (C=O) groups is 1. The molecule has 2 atom stereocenters. The molecule has 0 aromatic rings. The van der Waals surface area contributed by atoms with Crippen molar-refractivity contribution in [2.45, 2.75) is 50.2 Å². The van der Waals surface area contributed by atoms with E-state index in [0.29, 0.717) is 6.54 Å².